The molecule has 150 valence electrons. The normalized spacial score (nSPS) is 13.6. The van der Waals surface area contributed by atoms with Crippen LogP contribution in [0.1, 0.15) is 40.5 Å². The molecular formula is C23H18F2N4O. The highest BCUT2D eigenvalue weighted by molar-refractivity contribution is 6.13. The van der Waals surface area contributed by atoms with Gasteiger partial charge in [-0.3, -0.25) is 4.79 Å². The van der Waals surface area contributed by atoms with Crippen LogP contribution in [0.4, 0.5) is 14.5 Å². The molecule has 1 amide bonds. The van der Waals surface area contributed by atoms with Crippen LogP contribution in [0.15, 0.2) is 54.6 Å². The molecule has 4 aromatic rings. The fraction of sp³-hybridized carbons (Fsp3) is 0.174. The smallest absolute Gasteiger partial charge is 0.256 e. The molecule has 0 atom stereocenters. The molecule has 1 N–H and O–H groups in total. The van der Waals surface area contributed by atoms with Crippen LogP contribution in [0.2, 0.25) is 0 Å². The fourth-order valence-corrected chi connectivity index (χ4v) is 3.61. The van der Waals surface area contributed by atoms with E-state index in [2.05, 4.69) is 10.4 Å². The van der Waals surface area contributed by atoms with Gasteiger partial charge in [0.1, 0.15) is 11.6 Å². The van der Waals surface area contributed by atoms with Crippen molar-refractivity contribution in [1.82, 2.24) is 14.8 Å². The van der Waals surface area contributed by atoms with Gasteiger partial charge >= 0.3 is 0 Å². The zero-order chi connectivity index (χ0) is 20.8. The molecule has 30 heavy (non-hydrogen) atoms. The predicted octanol–water partition coefficient (Wildman–Crippen LogP) is 5.14. The van der Waals surface area contributed by atoms with E-state index in [4.69, 9.17) is 4.98 Å². The number of hydrogen-bond donors (Lipinski definition) is 1. The minimum Gasteiger partial charge on any atom is -0.319 e. The summed E-state index contributed by atoms with van der Waals surface area (Å²) < 4.78 is 29.0. The molecule has 0 radical (unpaired) electrons. The summed E-state index contributed by atoms with van der Waals surface area (Å²) in [5.74, 6) is -1.70. The number of nitrogens with zero attached hydrogens (tertiary/aromatic N) is 3. The first-order valence-electron chi connectivity index (χ1n) is 9.73. The van der Waals surface area contributed by atoms with Crippen LogP contribution in [0, 0.1) is 18.6 Å². The van der Waals surface area contributed by atoms with Crippen LogP contribution in [-0.2, 0) is 0 Å². The lowest BCUT2D eigenvalue weighted by Crippen LogP contribution is -2.15. The van der Waals surface area contributed by atoms with E-state index in [9.17, 15) is 13.6 Å². The first kappa shape index (κ1) is 18.4. The molecule has 0 spiro atoms. The zero-order valence-electron chi connectivity index (χ0n) is 16.2. The third-order valence-corrected chi connectivity index (χ3v) is 5.25. The number of aromatic nitrogens is 3. The van der Waals surface area contributed by atoms with Crippen molar-refractivity contribution in [3.8, 4) is 5.69 Å². The number of para-hydroxylation sites is 1. The second-order valence-electron chi connectivity index (χ2n) is 7.48. The van der Waals surface area contributed by atoms with E-state index >= 15 is 0 Å². The lowest BCUT2D eigenvalue weighted by Gasteiger charge is -2.10. The van der Waals surface area contributed by atoms with E-state index in [1.807, 2.05) is 37.3 Å². The van der Waals surface area contributed by atoms with Gasteiger partial charge in [-0.25, -0.2) is 18.4 Å². The third kappa shape index (κ3) is 3.22. The Morgan fingerprint density at radius 2 is 1.87 bits per heavy atom. The van der Waals surface area contributed by atoms with Gasteiger partial charge < -0.3 is 5.32 Å². The molecule has 1 aliphatic carbocycles. The summed E-state index contributed by atoms with van der Waals surface area (Å²) in [6, 6.07) is 14.4. The first-order valence-corrected chi connectivity index (χ1v) is 9.73. The molecule has 0 unspecified atom stereocenters. The number of benzene rings is 2. The molecule has 1 fully saturated rings. The Balaban J connectivity index is 1.65. The highest BCUT2D eigenvalue weighted by Gasteiger charge is 2.29. The third-order valence-electron chi connectivity index (χ3n) is 5.25. The van der Waals surface area contributed by atoms with Crippen molar-refractivity contribution in [2.75, 3.05) is 5.32 Å². The number of hydrogen-bond acceptors (Lipinski definition) is 3. The summed E-state index contributed by atoms with van der Waals surface area (Å²) >= 11 is 0. The molecule has 1 aliphatic rings. The predicted molar refractivity (Wildman–Crippen MR) is 110 cm³/mol. The van der Waals surface area contributed by atoms with Crippen molar-refractivity contribution in [3.63, 3.8) is 0 Å². The summed E-state index contributed by atoms with van der Waals surface area (Å²) in [6.45, 7) is 1.81. The molecule has 0 saturated heterocycles. The van der Waals surface area contributed by atoms with E-state index in [0.717, 1.165) is 36.4 Å². The largest absolute Gasteiger partial charge is 0.319 e. The lowest BCUT2D eigenvalue weighted by molar-refractivity contribution is 0.102. The quantitative estimate of drug-likeness (QED) is 0.513. The molecule has 2 aromatic heterocycles. The molecule has 7 heteroatoms. The van der Waals surface area contributed by atoms with Gasteiger partial charge in [-0.05, 0) is 50.1 Å². The SMILES string of the molecule is Cc1nn(-c2ccccc2)c2nc(C3CC3)cc(C(=O)Nc3ccc(F)cc3F)c12. The molecule has 2 aromatic carbocycles. The van der Waals surface area contributed by atoms with Crippen LogP contribution in [0.25, 0.3) is 16.7 Å². The molecule has 1 saturated carbocycles. The highest BCUT2D eigenvalue weighted by atomic mass is 19.1. The number of carbonyl (C=O) groups is 1. The summed E-state index contributed by atoms with van der Waals surface area (Å²) in [6.07, 6.45) is 2.04. The summed E-state index contributed by atoms with van der Waals surface area (Å²) in [4.78, 5) is 17.9. The maximum Gasteiger partial charge on any atom is 0.256 e. The van der Waals surface area contributed by atoms with Crippen LogP contribution < -0.4 is 5.32 Å². The average Bonchev–Trinajstić information content (AvgIpc) is 3.54. The van der Waals surface area contributed by atoms with Gasteiger partial charge in [-0.2, -0.15) is 5.10 Å². The van der Waals surface area contributed by atoms with Crippen molar-refractivity contribution >= 4 is 22.6 Å². The Hall–Kier alpha value is -3.61. The van der Waals surface area contributed by atoms with Crippen molar-refractivity contribution in [2.24, 2.45) is 0 Å². The van der Waals surface area contributed by atoms with Crippen molar-refractivity contribution in [2.45, 2.75) is 25.7 Å². The minimum absolute atomic E-state index is 0.0764. The number of amides is 1. The number of carbonyl (C=O) groups excluding carboxylic acids is 1. The second-order valence-corrected chi connectivity index (χ2v) is 7.48. The van der Waals surface area contributed by atoms with Crippen molar-refractivity contribution in [3.05, 3.63) is 83.2 Å². The van der Waals surface area contributed by atoms with Gasteiger partial charge in [0.15, 0.2) is 5.65 Å². The fourth-order valence-electron chi connectivity index (χ4n) is 3.61. The minimum atomic E-state index is -0.826. The van der Waals surface area contributed by atoms with Crippen LogP contribution in [0.5, 0.6) is 0 Å². The monoisotopic (exact) mass is 404 g/mol. The number of nitrogens with one attached hydrogen (secondary N) is 1. The maximum absolute atomic E-state index is 14.1. The van der Waals surface area contributed by atoms with E-state index in [-0.39, 0.29) is 5.69 Å². The molecule has 0 aliphatic heterocycles. The molecular weight excluding hydrogens is 386 g/mol. The number of halogens is 2. The van der Waals surface area contributed by atoms with E-state index in [0.29, 0.717) is 28.2 Å². The molecule has 5 rings (SSSR count). The van der Waals surface area contributed by atoms with Gasteiger partial charge in [0, 0.05) is 17.7 Å². The standard InChI is InChI=1S/C23H18F2N4O/c1-13-21-17(23(30)27-19-10-9-15(24)11-18(19)25)12-20(14-7-8-14)26-22(21)29(28-13)16-5-3-2-4-6-16/h2-6,9-12,14H,7-8H2,1H3,(H,27,30). The van der Waals surface area contributed by atoms with Crippen molar-refractivity contribution < 1.29 is 13.6 Å². The highest BCUT2D eigenvalue weighted by Crippen LogP contribution is 2.40. The molecule has 5 nitrogen and oxygen atoms in total. The second kappa shape index (κ2) is 7.02. The molecule has 2 heterocycles. The maximum atomic E-state index is 14.1. The van der Waals surface area contributed by atoms with Crippen molar-refractivity contribution in [1.29, 1.82) is 0 Å². The number of pyridine rings is 1. The Morgan fingerprint density at radius 3 is 2.57 bits per heavy atom. The van der Waals surface area contributed by atoms with Crippen LogP contribution >= 0.6 is 0 Å². The zero-order valence-corrected chi connectivity index (χ0v) is 16.2. The van der Waals surface area contributed by atoms with E-state index < -0.39 is 17.5 Å². The van der Waals surface area contributed by atoms with Gasteiger partial charge in [-0.15, -0.1) is 0 Å². The Kier molecular flexibility index (Phi) is 4.31. The van der Waals surface area contributed by atoms with Crippen LogP contribution in [0.3, 0.4) is 0 Å². The van der Waals surface area contributed by atoms with E-state index in [1.54, 1.807) is 10.7 Å². The topological polar surface area (TPSA) is 59.8 Å². The number of rotatable bonds is 4. The first-order chi connectivity index (χ1) is 14.5. The summed E-state index contributed by atoms with van der Waals surface area (Å²) in [5, 5.41) is 7.79. The number of anilines is 1. The molecule has 0 bridgehead atoms. The Morgan fingerprint density at radius 1 is 1.10 bits per heavy atom. The van der Waals surface area contributed by atoms with Gasteiger partial charge in [-0.1, -0.05) is 18.2 Å². The summed E-state index contributed by atoms with van der Waals surface area (Å²) in [5.41, 5.74) is 3.20. The summed E-state index contributed by atoms with van der Waals surface area (Å²) in [7, 11) is 0. The average molecular weight is 404 g/mol. The van der Waals surface area contributed by atoms with Gasteiger partial charge in [0.05, 0.1) is 28.0 Å². The lowest BCUT2D eigenvalue weighted by atomic mass is 10.1. The Bertz CT molecular complexity index is 1280. The number of fused-ring (bicyclic) bond motifs is 1. The van der Waals surface area contributed by atoms with Gasteiger partial charge in [0.2, 0.25) is 0 Å². The Labute approximate surface area is 171 Å². The van der Waals surface area contributed by atoms with Crippen LogP contribution in [-0.4, -0.2) is 20.7 Å². The van der Waals surface area contributed by atoms with E-state index in [1.165, 1.54) is 6.07 Å². The number of aryl methyl sites for hydroxylation is 1. The van der Waals surface area contributed by atoms with Gasteiger partial charge in [0.25, 0.3) is 5.91 Å².